The highest BCUT2D eigenvalue weighted by Gasteiger charge is 2.14. The molecule has 1 aromatic rings. The molecule has 0 bridgehead atoms. The van der Waals surface area contributed by atoms with Gasteiger partial charge in [-0.2, -0.15) is 0 Å². The van der Waals surface area contributed by atoms with Crippen LogP contribution in [0.25, 0.3) is 0 Å². The molecule has 100 valence electrons. The summed E-state index contributed by atoms with van der Waals surface area (Å²) in [5.41, 5.74) is 2.75. The molecule has 0 radical (unpaired) electrons. The maximum Gasteiger partial charge on any atom is 0.158 e. The molecule has 0 amide bonds. The van der Waals surface area contributed by atoms with Crippen molar-refractivity contribution in [2.45, 2.75) is 32.6 Å². The predicted octanol–water partition coefficient (Wildman–Crippen LogP) is 2.58. The Hall–Kier alpha value is -0.900. The molecule has 0 spiro atoms. The molecule has 1 aromatic carbocycles. The van der Waals surface area contributed by atoms with Crippen molar-refractivity contribution >= 4 is 0 Å². The zero-order valence-electron chi connectivity index (χ0n) is 11.4. The van der Waals surface area contributed by atoms with Crippen molar-refractivity contribution in [3.05, 3.63) is 35.4 Å². The van der Waals surface area contributed by atoms with Crippen LogP contribution in [0.5, 0.6) is 0 Å². The molecule has 0 unspecified atom stereocenters. The second-order valence-corrected chi connectivity index (χ2v) is 4.98. The Morgan fingerprint density at radius 3 is 2.67 bits per heavy atom. The normalized spacial score (nSPS) is 17.3. The van der Waals surface area contributed by atoms with Gasteiger partial charge in [0.2, 0.25) is 0 Å². The van der Waals surface area contributed by atoms with Gasteiger partial charge in [-0.3, -0.25) is 0 Å². The van der Waals surface area contributed by atoms with Gasteiger partial charge in [-0.15, -0.1) is 0 Å². The van der Waals surface area contributed by atoms with Gasteiger partial charge >= 0.3 is 0 Å². The first-order chi connectivity index (χ1) is 8.75. The van der Waals surface area contributed by atoms with Crippen molar-refractivity contribution in [1.29, 1.82) is 0 Å². The zero-order chi connectivity index (χ0) is 12.8. The van der Waals surface area contributed by atoms with Gasteiger partial charge < -0.3 is 14.4 Å². The van der Waals surface area contributed by atoms with Crippen molar-refractivity contribution in [1.82, 2.24) is 4.90 Å². The minimum atomic E-state index is -0.00179. The summed E-state index contributed by atoms with van der Waals surface area (Å²) in [5.74, 6) is 0. The summed E-state index contributed by atoms with van der Waals surface area (Å²) in [4.78, 5) is 2.32. The van der Waals surface area contributed by atoms with E-state index in [2.05, 4.69) is 43.1 Å². The first-order valence-corrected chi connectivity index (χ1v) is 6.72. The second-order valence-electron chi connectivity index (χ2n) is 4.98. The summed E-state index contributed by atoms with van der Waals surface area (Å²) in [6, 6.07) is 8.54. The minimum Gasteiger partial charge on any atom is -0.353 e. The summed E-state index contributed by atoms with van der Waals surface area (Å²) in [7, 11) is 2.15. The van der Waals surface area contributed by atoms with E-state index < -0.39 is 0 Å². The molecule has 3 heteroatoms. The SMILES string of the molecule is Cc1ccccc1CN(C)CCC1OCCCO1. The summed E-state index contributed by atoms with van der Waals surface area (Å²) in [5, 5.41) is 0. The molecule has 1 heterocycles. The molecule has 1 fully saturated rings. The van der Waals surface area contributed by atoms with E-state index in [-0.39, 0.29) is 6.29 Å². The predicted molar refractivity (Wildman–Crippen MR) is 72.4 cm³/mol. The highest BCUT2D eigenvalue weighted by molar-refractivity contribution is 5.25. The number of hydrogen-bond donors (Lipinski definition) is 0. The van der Waals surface area contributed by atoms with E-state index in [1.54, 1.807) is 0 Å². The summed E-state index contributed by atoms with van der Waals surface area (Å²) >= 11 is 0. The largest absolute Gasteiger partial charge is 0.353 e. The monoisotopic (exact) mass is 249 g/mol. The van der Waals surface area contributed by atoms with E-state index in [0.29, 0.717) is 0 Å². The first-order valence-electron chi connectivity index (χ1n) is 6.72. The highest BCUT2D eigenvalue weighted by Crippen LogP contribution is 2.12. The molecule has 3 nitrogen and oxygen atoms in total. The molecular weight excluding hydrogens is 226 g/mol. The summed E-state index contributed by atoms with van der Waals surface area (Å²) in [6.07, 6.45) is 1.97. The lowest BCUT2D eigenvalue weighted by atomic mass is 10.1. The topological polar surface area (TPSA) is 21.7 Å². The Morgan fingerprint density at radius 1 is 1.22 bits per heavy atom. The second kappa shape index (κ2) is 6.88. The summed E-state index contributed by atoms with van der Waals surface area (Å²) in [6.45, 7) is 5.83. The van der Waals surface area contributed by atoms with Crippen LogP contribution in [0, 0.1) is 6.92 Å². The fourth-order valence-corrected chi connectivity index (χ4v) is 2.19. The van der Waals surface area contributed by atoms with E-state index >= 15 is 0 Å². The Kier molecular flexibility index (Phi) is 5.17. The van der Waals surface area contributed by atoms with Crippen molar-refractivity contribution < 1.29 is 9.47 Å². The van der Waals surface area contributed by atoms with Gasteiger partial charge in [0, 0.05) is 19.5 Å². The van der Waals surface area contributed by atoms with E-state index in [0.717, 1.165) is 39.1 Å². The first kappa shape index (κ1) is 13.5. The van der Waals surface area contributed by atoms with Gasteiger partial charge in [0.25, 0.3) is 0 Å². The van der Waals surface area contributed by atoms with Crippen LogP contribution in [0.3, 0.4) is 0 Å². The van der Waals surface area contributed by atoms with Crippen LogP contribution in [0.2, 0.25) is 0 Å². The number of nitrogens with zero attached hydrogens (tertiary/aromatic N) is 1. The Labute approximate surface area is 110 Å². The molecular formula is C15H23NO2. The molecule has 0 aliphatic carbocycles. The Balaban J connectivity index is 1.74. The lowest BCUT2D eigenvalue weighted by Crippen LogP contribution is -2.30. The van der Waals surface area contributed by atoms with E-state index in [9.17, 15) is 0 Å². The van der Waals surface area contributed by atoms with Crippen LogP contribution >= 0.6 is 0 Å². The Bertz CT molecular complexity index is 361. The van der Waals surface area contributed by atoms with Crippen LogP contribution in [-0.4, -0.2) is 38.0 Å². The smallest absolute Gasteiger partial charge is 0.158 e. The molecule has 0 aromatic heterocycles. The van der Waals surface area contributed by atoms with Crippen molar-refractivity contribution in [2.24, 2.45) is 0 Å². The number of ether oxygens (including phenoxy) is 2. The maximum atomic E-state index is 5.55. The fraction of sp³-hybridized carbons (Fsp3) is 0.600. The van der Waals surface area contributed by atoms with Crippen LogP contribution in [0.15, 0.2) is 24.3 Å². The molecule has 18 heavy (non-hydrogen) atoms. The quantitative estimate of drug-likeness (QED) is 0.800. The molecule has 1 aliphatic heterocycles. The van der Waals surface area contributed by atoms with E-state index in [4.69, 9.17) is 9.47 Å². The van der Waals surface area contributed by atoms with Gasteiger partial charge in [0.05, 0.1) is 13.2 Å². The minimum absolute atomic E-state index is 0.00179. The van der Waals surface area contributed by atoms with Crippen molar-refractivity contribution in [2.75, 3.05) is 26.8 Å². The van der Waals surface area contributed by atoms with Crippen LogP contribution < -0.4 is 0 Å². The molecule has 0 saturated carbocycles. The van der Waals surface area contributed by atoms with Gasteiger partial charge in [-0.05, 0) is 31.5 Å². The van der Waals surface area contributed by atoms with Gasteiger partial charge in [0.15, 0.2) is 6.29 Å². The van der Waals surface area contributed by atoms with E-state index in [1.165, 1.54) is 11.1 Å². The van der Waals surface area contributed by atoms with Gasteiger partial charge in [-0.25, -0.2) is 0 Å². The fourth-order valence-electron chi connectivity index (χ4n) is 2.19. The lowest BCUT2D eigenvalue weighted by Gasteiger charge is -2.25. The highest BCUT2D eigenvalue weighted by atomic mass is 16.7. The molecule has 0 atom stereocenters. The third-order valence-electron chi connectivity index (χ3n) is 3.34. The van der Waals surface area contributed by atoms with Crippen molar-refractivity contribution in [3.63, 3.8) is 0 Å². The maximum absolute atomic E-state index is 5.55. The number of hydrogen-bond acceptors (Lipinski definition) is 3. The van der Waals surface area contributed by atoms with Crippen LogP contribution in [0.4, 0.5) is 0 Å². The molecule has 2 rings (SSSR count). The average molecular weight is 249 g/mol. The van der Waals surface area contributed by atoms with Crippen molar-refractivity contribution in [3.8, 4) is 0 Å². The molecule has 1 saturated heterocycles. The van der Waals surface area contributed by atoms with Gasteiger partial charge in [0.1, 0.15) is 0 Å². The number of aryl methyl sites for hydroxylation is 1. The van der Waals surface area contributed by atoms with Gasteiger partial charge in [-0.1, -0.05) is 24.3 Å². The van der Waals surface area contributed by atoms with E-state index in [1.807, 2.05) is 0 Å². The molecule has 0 N–H and O–H groups in total. The number of rotatable bonds is 5. The molecule has 1 aliphatic rings. The number of benzene rings is 1. The van der Waals surface area contributed by atoms with Crippen LogP contribution in [0.1, 0.15) is 24.0 Å². The lowest BCUT2D eigenvalue weighted by molar-refractivity contribution is -0.182. The zero-order valence-corrected chi connectivity index (χ0v) is 11.4. The third kappa shape index (κ3) is 4.09. The third-order valence-corrected chi connectivity index (χ3v) is 3.34. The Morgan fingerprint density at radius 2 is 1.94 bits per heavy atom. The summed E-state index contributed by atoms with van der Waals surface area (Å²) < 4.78 is 11.1. The average Bonchev–Trinajstić information content (AvgIpc) is 2.40. The standard InChI is InChI=1S/C15H23NO2/c1-13-6-3-4-7-14(13)12-16(2)9-8-15-17-10-5-11-18-15/h3-4,6-7,15H,5,8-12H2,1-2H3. The van der Waals surface area contributed by atoms with Crippen LogP contribution in [-0.2, 0) is 16.0 Å².